The van der Waals surface area contributed by atoms with Gasteiger partial charge < -0.3 is 4.74 Å². The molecule has 0 saturated carbocycles. The molecule has 1 aliphatic rings. The van der Waals surface area contributed by atoms with Crippen LogP contribution in [0, 0.1) is 11.8 Å². The second kappa shape index (κ2) is 5.48. The fourth-order valence-electron chi connectivity index (χ4n) is 1.64. The number of ether oxygens (including phenoxy) is 1. The van der Waals surface area contributed by atoms with Crippen LogP contribution in [0.25, 0.3) is 0 Å². The maximum Gasteiger partial charge on any atom is 0.319 e. The summed E-state index contributed by atoms with van der Waals surface area (Å²) in [5.74, 6) is -1.70. The first-order valence-corrected chi connectivity index (χ1v) is 5.20. The lowest BCUT2D eigenvalue weighted by molar-refractivity contribution is -0.153. The molecule has 0 saturated heterocycles. The van der Waals surface area contributed by atoms with Crippen LogP contribution in [0.2, 0.25) is 0 Å². The first-order valence-electron chi connectivity index (χ1n) is 5.20. The van der Waals surface area contributed by atoms with Crippen molar-refractivity contribution in [1.29, 1.82) is 0 Å². The van der Waals surface area contributed by atoms with Crippen molar-refractivity contribution >= 4 is 18.1 Å². The summed E-state index contributed by atoms with van der Waals surface area (Å²) in [6, 6.07) is 0. The molecule has 0 bridgehead atoms. The molecule has 0 aliphatic carbocycles. The molecule has 0 aromatic carbocycles. The third-order valence-corrected chi connectivity index (χ3v) is 2.31. The Morgan fingerprint density at radius 1 is 1.60 bits per heavy atom. The first kappa shape index (κ1) is 11.7. The van der Waals surface area contributed by atoms with E-state index in [0.29, 0.717) is 6.61 Å². The number of nitrogens with one attached hydrogen (secondary N) is 1. The number of rotatable bonds is 4. The number of hydrogen-bond acceptors (Lipinski definition) is 4. The minimum absolute atomic E-state index is 0.136. The highest BCUT2D eigenvalue weighted by Gasteiger charge is 2.36. The van der Waals surface area contributed by atoms with Crippen LogP contribution in [-0.4, -0.2) is 24.7 Å². The minimum atomic E-state index is -0.734. The zero-order valence-electron chi connectivity index (χ0n) is 9.03. The number of esters is 1. The van der Waals surface area contributed by atoms with Gasteiger partial charge in [-0.25, -0.2) is 5.43 Å². The van der Waals surface area contributed by atoms with E-state index in [1.165, 1.54) is 0 Å². The van der Waals surface area contributed by atoms with Gasteiger partial charge in [0.05, 0.1) is 6.61 Å². The second-order valence-corrected chi connectivity index (χ2v) is 3.44. The van der Waals surface area contributed by atoms with Gasteiger partial charge in [0.2, 0.25) is 0 Å². The molecule has 2 atom stereocenters. The van der Waals surface area contributed by atoms with Gasteiger partial charge in [0, 0.05) is 12.1 Å². The van der Waals surface area contributed by atoms with E-state index in [1.54, 1.807) is 13.1 Å². The van der Waals surface area contributed by atoms with Crippen molar-refractivity contribution in [2.45, 2.75) is 26.7 Å². The Morgan fingerprint density at radius 3 is 2.93 bits per heavy atom. The Hall–Kier alpha value is -1.39. The molecule has 0 fully saturated rings. The van der Waals surface area contributed by atoms with Gasteiger partial charge in [0.15, 0.2) is 0 Å². The van der Waals surface area contributed by atoms with Crippen molar-refractivity contribution in [3.8, 4) is 0 Å². The van der Waals surface area contributed by atoms with Gasteiger partial charge in [0.25, 0.3) is 5.91 Å². The summed E-state index contributed by atoms with van der Waals surface area (Å²) in [6.45, 7) is 4.02. The summed E-state index contributed by atoms with van der Waals surface area (Å²) in [5, 5.41) is 3.72. The lowest BCUT2D eigenvalue weighted by atomic mass is 9.88. The minimum Gasteiger partial charge on any atom is -0.465 e. The Kier molecular flexibility index (Phi) is 4.27. The highest BCUT2D eigenvalue weighted by Crippen LogP contribution is 2.20. The van der Waals surface area contributed by atoms with Gasteiger partial charge >= 0.3 is 5.97 Å². The zero-order chi connectivity index (χ0) is 11.3. The van der Waals surface area contributed by atoms with Gasteiger partial charge in [-0.05, 0) is 13.3 Å². The molecule has 1 amide bonds. The molecule has 0 aromatic rings. The van der Waals surface area contributed by atoms with Crippen molar-refractivity contribution in [3.05, 3.63) is 0 Å². The van der Waals surface area contributed by atoms with Crippen LogP contribution in [0.5, 0.6) is 0 Å². The number of carbonyl (C=O) groups excluding carboxylic acids is 2. The van der Waals surface area contributed by atoms with Crippen molar-refractivity contribution in [3.63, 3.8) is 0 Å². The molecule has 84 valence electrons. The summed E-state index contributed by atoms with van der Waals surface area (Å²) >= 11 is 0. The number of amides is 1. The van der Waals surface area contributed by atoms with E-state index >= 15 is 0 Å². The molecule has 1 heterocycles. The molecule has 5 nitrogen and oxygen atoms in total. The smallest absolute Gasteiger partial charge is 0.319 e. The highest BCUT2D eigenvalue weighted by atomic mass is 16.5. The molecule has 0 radical (unpaired) electrons. The third-order valence-electron chi connectivity index (χ3n) is 2.31. The van der Waals surface area contributed by atoms with Crippen molar-refractivity contribution in [2.75, 3.05) is 6.61 Å². The third kappa shape index (κ3) is 2.78. The summed E-state index contributed by atoms with van der Waals surface area (Å²) < 4.78 is 4.87. The lowest BCUT2D eigenvalue weighted by Gasteiger charge is -2.23. The average molecular weight is 212 g/mol. The van der Waals surface area contributed by atoms with E-state index in [2.05, 4.69) is 10.5 Å². The predicted octanol–water partition coefficient (Wildman–Crippen LogP) is 0.698. The number of carbonyl (C=O) groups is 2. The summed E-state index contributed by atoms with van der Waals surface area (Å²) in [5.41, 5.74) is 2.29. The zero-order valence-corrected chi connectivity index (χ0v) is 9.03. The molecular weight excluding hydrogens is 196 g/mol. The van der Waals surface area contributed by atoms with E-state index in [1.807, 2.05) is 6.92 Å². The van der Waals surface area contributed by atoms with E-state index in [9.17, 15) is 9.59 Å². The fourth-order valence-corrected chi connectivity index (χ4v) is 1.64. The number of hydrazone groups is 1. The molecule has 0 aromatic heterocycles. The first-order chi connectivity index (χ1) is 7.20. The summed E-state index contributed by atoms with van der Waals surface area (Å²) in [4.78, 5) is 23.0. The maximum atomic E-state index is 11.5. The predicted molar refractivity (Wildman–Crippen MR) is 55.2 cm³/mol. The molecule has 15 heavy (non-hydrogen) atoms. The monoisotopic (exact) mass is 212 g/mol. The maximum absolute atomic E-state index is 11.5. The second-order valence-electron chi connectivity index (χ2n) is 3.44. The van der Waals surface area contributed by atoms with E-state index in [4.69, 9.17) is 4.74 Å². The van der Waals surface area contributed by atoms with Crippen LogP contribution in [0.3, 0.4) is 0 Å². The lowest BCUT2D eigenvalue weighted by Crippen LogP contribution is -2.43. The van der Waals surface area contributed by atoms with E-state index in [0.717, 1.165) is 12.8 Å². The van der Waals surface area contributed by atoms with Crippen LogP contribution in [0.15, 0.2) is 5.10 Å². The van der Waals surface area contributed by atoms with Crippen molar-refractivity contribution < 1.29 is 14.3 Å². The molecule has 5 heteroatoms. The molecule has 0 spiro atoms. The fraction of sp³-hybridized carbons (Fsp3) is 0.700. The van der Waals surface area contributed by atoms with Gasteiger partial charge in [0.1, 0.15) is 5.92 Å². The van der Waals surface area contributed by atoms with Crippen LogP contribution in [0.4, 0.5) is 0 Å². The molecule has 1 N–H and O–H groups in total. The Bertz CT molecular complexity index is 276. The topological polar surface area (TPSA) is 67.8 Å². The SMILES string of the molecule is CCCC1C=NNC(=O)C1C(=O)OCC. The van der Waals surface area contributed by atoms with Gasteiger partial charge in [-0.1, -0.05) is 13.3 Å². The van der Waals surface area contributed by atoms with Crippen LogP contribution in [-0.2, 0) is 14.3 Å². The van der Waals surface area contributed by atoms with Gasteiger partial charge in [-0.3, -0.25) is 9.59 Å². The Labute approximate surface area is 88.9 Å². The largest absolute Gasteiger partial charge is 0.465 e. The molecular formula is C10H16N2O3. The van der Waals surface area contributed by atoms with Gasteiger partial charge in [-0.2, -0.15) is 5.10 Å². The normalized spacial score (nSPS) is 24.8. The number of hydrogen-bond donors (Lipinski definition) is 1. The Morgan fingerprint density at radius 2 is 2.33 bits per heavy atom. The summed E-state index contributed by atoms with van der Waals surface area (Å²) in [6.07, 6.45) is 3.28. The quantitative estimate of drug-likeness (QED) is 0.551. The van der Waals surface area contributed by atoms with Crippen molar-refractivity contribution in [2.24, 2.45) is 16.9 Å². The Balaban J connectivity index is 2.75. The van der Waals surface area contributed by atoms with Gasteiger partial charge in [-0.15, -0.1) is 0 Å². The molecule has 1 rings (SSSR count). The standard InChI is InChI=1S/C10H16N2O3/c1-3-5-7-6-11-12-9(13)8(7)10(14)15-4-2/h6-8H,3-5H2,1-2H3,(H,12,13). The van der Waals surface area contributed by atoms with E-state index < -0.39 is 11.9 Å². The molecule has 2 unspecified atom stereocenters. The molecule has 1 aliphatic heterocycles. The summed E-state index contributed by atoms with van der Waals surface area (Å²) in [7, 11) is 0. The number of nitrogens with zero attached hydrogens (tertiary/aromatic N) is 1. The van der Waals surface area contributed by atoms with Crippen LogP contribution < -0.4 is 5.43 Å². The van der Waals surface area contributed by atoms with Crippen LogP contribution >= 0.6 is 0 Å². The van der Waals surface area contributed by atoms with Crippen molar-refractivity contribution in [1.82, 2.24) is 5.43 Å². The average Bonchev–Trinajstić information content (AvgIpc) is 2.18. The van der Waals surface area contributed by atoms with E-state index in [-0.39, 0.29) is 11.8 Å². The van der Waals surface area contributed by atoms with Crippen LogP contribution in [0.1, 0.15) is 26.7 Å². The highest BCUT2D eigenvalue weighted by molar-refractivity contribution is 6.02.